The highest BCUT2D eigenvalue weighted by atomic mass is 32.2. The van der Waals surface area contributed by atoms with Crippen LogP contribution in [0.2, 0.25) is 0 Å². The molecule has 0 aliphatic carbocycles. The summed E-state index contributed by atoms with van der Waals surface area (Å²) >= 11 is 0.996. The fraction of sp³-hybridized carbons (Fsp3) is 0.333. The zero-order chi connectivity index (χ0) is 20.1. The molecule has 3 rings (SSSR count). The molecule has 0 saturated carbocycles. The highest BCUT2D eigenvalue weighted by molar-refractivity contribution is 7.91. The fourth-order valence-electron chi connectivity index (χ4n) is 2.56. The highest BCUT2D eigenvalue weighted by Gasteiger charge is 2.28. The molecule has 28 heavy (non-hydrogen) atoms. The molecule has 1 aliphatic heterocycles. The number of thiophene rings is 1. The van der Waals surface area contributed by atoms with Crippen LogP contribution in [-0.4, -0.2) is 57.4 Å². The number of ether oxygens (including phenoxy) is 2. The molecular formula is C18H18FNO6S2. The van der Waals surface area contributed by atoms with Crippen molar-refractivity contribution in [3.8, 4) is 0 Å². The number of nitrogens with zero attached hydrogens (tertiary/aromatic N) is 1. The van der Waals surface area contributed by atoms with Gasteiger partial charge in [0.2, 0.25) is 0 Å². The number of Topliss-reactive ketones (excluding diaryl/α,β-unsaturated/α-hetero) is 1. The number of rotatable bonds is 7. The predicted molar refractivity (Wildman–Crippen MR) is 99.3 cm³/mol. The second kappa shape index (κ2) is 8.91. The normalized spacial score (nSPS) is 15.3. The van der Waals surface area contributed by atoms with Gasteiger partial charge in [0.25, 0.3) is 10.0 Å². The Bertz CT molecular complexity index is 949. The van der Waals surface area contributed by atoms with Crippen LogP contribution in [0.4, 0.5) is 4.39 Å². The summed E-state index contributed by atoms with van der Waals surface area (Å²) in [6.07, 6.45) is -0.139. The first kappa shape index (κ1) is 20.6. The first-order valence-corrected chi connectivity index (χ1v) is 10.7. The van der Waals surface area contributed by atoms with Crippen LogP contribution in [0, 0.1) is 5.82 Å². The lowest BCUT2D eigenvalue weighted by Gasteiger charge is -2.25. The molecule has 150 valence electrons. The van der Waals surface area contributed by atoms with E-state index >= 15 is 0 Å². The number of benzene rings is 1. The second-order valence-corrected chi connectivity index (χ2v) is 9.34. The molecule has 10 heteroatoms. The van der Waals surface area contributed by atoms with E-state index in [4.69, 9.17) is 9.47 Å². The van der Waals surface area contributed by atoms with E-state index in [1.165, 1.54) is 22.5 Å². The van der Waals surface area contributed by atoms with Gasteiger partial charge >= 0.3 is 5.97 Å². The zero-order valence-electron chi connectivity index (χ0n) is 14.8. The lowest BCUT2D eigenvalue weighted by atomic mass is 10.1. The Balaban J connectivity index is 1.55. The van der Waals surface area contributed by atoms with E-state index < -0.39 is 34.2 Å². The molecule has 2 aromatic rings. The number of carbonyl (C=O) groups is 2. The van der Waals surface area contributed by atoms with Gasteiger partial charge in [-0.1, -0.05) is 0 Å². The van der Waals surface area contributed by atoms with Crippen molar-refractivity contribution < 1.29 is 31.9 Å². The van der Waals surface area contributed by atoms with Crippen LogP contribution in [0.15, 0.2) is 40.6 Å². The van der Waals surface area contributed by atoms with Crippen molar-refractivity contribution in [3.05, 3.63) is 52.7 Å². The third-order valence-electron chi connectivity index (χ3n) is 4.05. The molecule has 0 atom stereocenters. The summed E-state index contributed by atoms with van der Waals surface area (Å²) in [4.78, 5) is 24.4. The van der Waals surface area contributed by atoms with Gasteiger partial charge in [0.1, 0.15) is 10.0 Å². The van der Waals surface area contributed by atoms with Crippen molar-refractivity contribution in [3.63, 3.8) is 0 Å². The van der Waals surface area contributed by atoms with Crippen molar-refractivity contribution in [2.75, 3.05) is 32.9 Å². The van der Waals surface area contributed by atoms with Gasteiger partial charge in [-0.3, -0.25) is 9.59 Å². The Kier molecular flexibility index (Phi) is 6.55. The van der Waals surface area contributed by atoms with E-state index in [9.17, 15) is 22.4 Å². The van der Waals surface area contributed by atoms with Crippen molar-refractivity contribution in [1.29, 1.82) is 0 Å². The van der Waals surface area contributed by atoms with E-state index in [1.54, 1.807) is 6.07 Å². The minimum atomic E-state index is -3.61. The number of esters is 1. The molecule has 0 bridgehead atoms. The number of hydrogen-bond acceptors (Lipinski definition) is 7. The Morgan fingerprint density at radius 2 is 1.79 bits per heavy atom. The van der Waals surface area contributed by atoms with E-state index in [0.29, 0.717) is 31.2 Å². The first-order chi connectivity index (χ1) is 13.4. The van der Waals surface area contributed by atoms with E-state index in [1.807, 2.05) is 0 Å². The minimum absolute atomic E-state index is 0.139. The summed E-state index contributed by atoms with van der Waals surface area (Å²) in [6, 6.07) is 7.94. The lowest BCUT2D eigenvalue weighted by molar-refractivity contribution is -0.141. The number of morpholine rings is 1. The molecule has 0 unspecified atom stereocenters. The molecule has 0 amide bonds. The van der Waals surface area contributed by atoms with Crippen LogP contribution in [0.25, 0.3) is 0 Å². The molecular weight excluding hydrogens is 409 g/mol. The number of sulfonamides is 1. The van der Waals surface area contributed by atoms with Gasteiger partial charge in [-0.25, -0.2) is 12.8 Å². The maximum absolute atomic E-state index is 12.9. The number of ketones is 1. The highest BCUT2D eigenvalue weighted by Crippen LogP contribution is 2.26. The molecule has 0 radical (unpaired) electrons. The largest absolute Gasteiger partial charge is 0.457 e. The van der Waals surface area contributed by atoms with Gasteiger partial charge in [0.15, 0.2) is 12.4 Å². The number of halogens is 1. The van der Waals surface area contributed by atoms with E-state index in [-0.39, 0.29) is 16.2 Å². The van der Waals surface area contributed by atoms with Crippen LogP contribution in [-0.2, 0) is 30.7 Å². The fourth-order valence-corrected chi connectivity index (χ4v) is 5.47. The van der Waals surface area contributed by atoms with Crippen LogP contribution in [0.3, 0.4) is 0 Å². The molecule has 1 saturated heterocycles. The van der Waals surface area contributed by atoms with Crippen LogP contribution in [0.1, 0.15) is 15.2 Å². The third kappa shape index (κ3) is 5.02. The third-order valence-corrected chi connectivity index (χ3v) is 7.50. The Hall–Kier alpha value is -2.14. The van der Waals surface area contributed by atoms with Gasteiger partial charge in [-0.15, -0.1) is 11.3 Å². The van der Waals surface area contributed by atoms with E-state index in [2.05, 4.69) is 0 Å². The molecule has 1 aromatic carbocycles. The molecule has 0 N–H and O–H groups in total. The van der Waals surface area contributed by atoms with Crippen molar-refractivity contribution in [1.82, 2.24) is 4.31 Å². The smallest absolute Gasteiger partial charge is 0.311 e. The van der Waals surface area contributed by atoms with Gasteiger partial charge < -0.3 is 9.47 Å². The van der Waals surface area contributed by atoms with Crippen LogP contribution >= 0.6 is 11.3 Å². The molecule has 7 nitrogen and oxygen atoms in total. The van der Waals surface area contributed by atoms with Crippen molar-refractivity contribution in [2.45, 2.75) is 10.6 Å². The van der Waals surface area contributed by atoms with Crippen LogP contribution < -0.4 is 0 Å². The Morgan fingerprint density at radius 3 is 2.46 bits per heavy atom. The SMILES string of the molecule is O=C(Cc1ccc(S(=O)(=O)N2CCOCC2)s1)OCC(=O)c1ccc(F)cc1. The second-order valence-electron chi connectivity index (χ2n) is 6.00. The average molecular weight is 427 g/mol. The standard InChI is InChI=1S/C18H18FNO6S2/c19-14-3-1-13(2-4-14)16(21)12-26-17(22)11-15-5-6-18(27-15)28(23,24)20-7-9-25-10-8-20/h1-6H,7-12H2. The monoisotopic (exact) mass is 427 g/mol. The maximum atomic E-state index is 12.9. The quantitative estimate of drug-likeness (QED) is 0.495. The molecule has 1 aromatic heterocycles. The van der Waals surface area contributed by atoms with Gasteiger partial charge in [0, 0.05) is 23.5 Å². The molecule has 2 heterocycles. The first-order valence-electron chi connectivity index (χ1n) is 8.47. The topological polar surface area (TPSA) is 90.0 Å². The lowest BCUT2D eigenvalue weighted by Crippen LogP contribution is -2.40. The average Bonchev–Trinajstić information content (AvgIpc) is 3.16. The Labute approximate surface area is 165 Å². The van der Waals surface area contributed by atoms with Gasteiger partial charge in [0.05, 0.1) is 19.6 Å². The number of hydrogen-bond donors (Lipinski definition) is 0. The summed E-state index contributed by atoms with van der Waals surface area (Å²) in [5.41, 5.74) is 0.240. The summed E-state index contributed by atoms with van der Waals surface area (Å²) < 4.78 is 49.6. The summed E-state index contributed by atoms with van der Waals surface area (Å²) in [5.74, 6) is -1.56. The molecule has 0 spiro atoms. The summed E-state index contributed by atoms with van der Waals surface area (Å²) in [7, 11) is -3.61. The summed E-state index contributed by atoms with van der Waals surface area (Å²) in [6.45, 7) is 0.832. The maximum Gasteiger partial charge on any atom is 0.311 e. The Morgan fingerprint density at radius 1 is 1.11 bits per heavy atom. The minimum Gasteiger partial charge on any atom is -0.457 e. The van der Waals surface area contributed by atoms with Gasteiger partial charge in [-0.2, -0.15) is 4.31 Å². The van der Waals surface area contributed by atoms with Crippen LogP contribution in [0.5, 0.6) is 0 Å². The van der Waals surface area contributed by atoms with Crippen molar-refractivity contribution >= 4 is 33.1 Å². The van der Waals surface area contributed by atoms with E-state index in [0.717, 1.165) is 23.5 Å². The van der Waals surface area contributed by atoms with Gasteiger partial charge in [-0.05, 0) is 36.4 Å². The predicted octanol–water partition coefficient (Wildman–Crippen LogP) is 1.88. The zero-order valence-corrected chi connectivity index (χ0v) is 16.4. The van der Waals surface area contributed by atoms with Crippen molar-refractivity contribution in [2.24, 2.45) is 0 Å². The number of carbonyl (C=O) groups excluding carboxylic acids is 2. The summed E-state index contributed by atoms with van der Waals surface area (Å²) in [5, 5.41) is 0. The molecule has 1 aliphatic rings. The molecule has 1 fully saturated rings.